The molecule has 0 unspecified atom stereocenters. The second kappa shape index (κ2) is 5.59. The Morgan fingerprint density at radius 2 is 1.95 bits per heavy atom. The maximum atomic E-state index is 13.7. The molecular formula is C12H9BrClFN2O2S. The van der Waals surface area contributed by atoms with Gasteiger partial charge in [-0.05, 0) is 30.3 Å². The zero-order valence-corrected chi connectivity index (χ0v) is 13.1. The molecule has 0 amide bonds. The van der Waals surface area contributed by atoms with Crippen LogP contribution in [0.2, 0.25) is 5.02 Å². The SMILES string of the molecule is Nc1cccc(Cl)c1NS(=O)(=O)c1ccc(Br)cc1F. The summed E-state index contributed by atoms with van der Waals surface area (Å²) >= 11 is 8.94. The van der Waals surface area contributed by atoms with E-state index < -0.39 is 20.7 Å². The first-order valence-corrected chi connectivity index (χ1v) is 7.98. The average Bonchev–Trinajstić information content (AvgIpc) is 2.33. The first-order chi connectivity index (χ1) is 9.31. The van der Waals surface area contributed by atoms with Gasteiger partial charge in [0.25, 0.3) is 10.0 Å². The molecule has 0 saturated carbocycles. The lowest BCUT2D eigenvalue weighted by Gasteiger charge is -2.12. The molecule has 0 aliphatic heterocycles. The van der Waals surface area contributed by atoms with Gasteiger partial charge in [-0.25, -0.2) is 12.8 Å². The van der Waals surface area contributed by atoms with Crippen LogP contribution in [-0.2, 0) is 10.0 Å². The number of nitrogens with one attached hydrogen (secondary N) is 1. The van der Waals surface area contributed by atoms with Gasteiger partial charge >= 0.3 is 0 Å². The predicted molar refractivity (Wildman–Crippen MR) is 80.8 cm³/mol. The summed E-state index contributed by atoms with van der Waals surface area (Å²) in [6, 6.07) is 8.18. The second-order valence-electron chi connectivity index (χ2n) is 3.88. The third-order valence-electron chi connectivity index (χ3n) is 2.47. The molecule has 0 fully saturated rings. The molecule has 0 heterocycles. The standard InChI is InChI=1S/C12H9BrClFN2O2S/c13-7-4-5-11(9(15)6-7)20(18,19)17-12-8(14)2-1-3-10(12)16/h1-6,17H,16H2. The van der Waals surface area contributed by atoms with Gasteiger partial charge in [-0.3, -0.25) is 4.72 Å². The van der Waals surface area contributed by atoms with E-state index in [-0.39, 0.29) is 16.4 Å². The van der Waals surface area contributed by atoms with E-state index in [0.717, 1.165) is 12.1 Å². The first-order valence-electron chi connectivity index (χ1n) is 5.33. The van der Waals surface area contributed by atoms with Gasteiger partial charge in [0.15, 0.2) is 0 Å². The molecule has 0 aliphatic rings. The molecule has 3 N–H and O–H groups in total. The van der Waals surface area contributed by atoms with Gasteiger partial charge in [-0.1, -0.05) is 33.6 Å². The van der Waals surface area contributed by atoms with Crippen LogP contribution in [0.5, 0.6) is 0 Å². The summed E-state index contributed by atoms with van der Waals surface area (Å²) in [5, 5.41) is 0.131. The van der Waals surface area contributed by atoms with Gasteiger partial charge < -0.3 is 5.73 Å². The zero-order valence-electron chi connectivity index (χ0n) is 9.90. The monoisotopic (exact) mass is 378 g/mol. The summed E-state index contributed by atoms with van der Waals surface area (Å²) in [6.07, 6.45) is 0. The minimum atomic E-state index is -4.12. The number of nitrogen functional groups attached to an aromatic ring is 1. The van der Waals surface area contributed by atoms with Crippen LogP contribution in [0.4, 0.5) is 15.8 Å². The Kier molecular flexibility index (Phi) is 4.22. The maximum absolute atomic E-state index is 13.7. The third kappa shape index (κ3) is 3.05. The molecule has 0 atom stereocenters. The molecule has 0 bridgehead atoms. The zero-order chi connectivity index (χ0) is 14.9. The van der Waals surface area contributed by atoms with Crippen molar-refractivity contribution in [2.24, 2.45) is 0 Å². The van der Waals surface area contributed by atoms with Crippen molar-refractivity contribution in [3.8, 4) is 0 Å². The third-order valence-corrected chi connectivity index (χ3v) is 4.66. The van der Waals surface area contributed by atoms with Crippen LogP contribution in [0.15, 0.2) is 45.8 Å². The smallest absolute Gasteiger partial charge is 0.264 e. The molecule has 0 saturated heterocycles. The lowest BCUT2D eigenvalue weighted by molar-refractivity contribution is 0.570. The van der Waals surface area contributed by atoms with E-state index in [1.807, 2.05) is 0 Å². The predicted octanol–water partition coefficient (Wildman–Crippen LogP) is 3.62. The lowest BCUT2D eigenvalue weighted by atomic mass is 10.3. The number of sulfonamides is 1. The number of anilines is 2. The average molecular weight is 380 g/mol. The Morgan fingerprint density at radius 3 is 2.55 bits per heavy atom. The summed E-state index contributed by atoms with van der Waals surface area (Å²) in [5.74, 6) is -0.877. The van der Waals surface area contributed by atoms with Crippen LogP contribution in [0, 0.1) is 5.82 Å². The molecule has 106 valence electrons. The quantitative estimate of drug-likeness (QED) is 0.800. The normalized spacial score (nSPS) is 11.3. The number of hydrogen-bond donors (Lipinski definition) is 2. The van der Waals surface area contributed by atoms with Crippen molar-refractivity contribution in [3.63, 3.8) is 0 Å². The van der Waals surface area contributed by atoms with E-state index in [1.165, 1.54) is 18.2 Å². The summed E-state index contributed by atoms with van der Waals surface area (Å²) < 4.78 is 40.7. The molecule has 4 nitrogen and oxygen atoms in total. The molecule has 0 radical (unpaired) electrons. The Hall–Kier alpha value is -1.31. The van der Waals surface area contributed by atoms with E-state index in [4.69, 9.17) is 17.3 Å². The summed E-state index contributed by atoms with van der Waals surface area (Å²) in [4.78, 5) is -0.486. The van der Waals surface area contributed by atoms with Crippen molar-refractivity contribution < 1.29 is 12.8 Å². The molecule has 0 aliphatic carbocycles. The summed E-state index contributed by atoms with van der Waals surface area (Å²) in [6.45, 7) is 0. The van der Waals surface area contributed by atoms with Crippen LogP contribution < -0.4 is 10.5 Å². The van der Waals surface area contributed by atoms with Crippen molar-refractivity contribution in [3.05, 3.63) is 51.7 Å². The highest BCUT2D eigenvalue weighted by molar-refractivity contribution is 9.10. The maximum Gasteiger partial charge on any atom is 0.264 e. The van der Waals surface area contributed by atoms with Crippen LogP contribution in [-0.4, -0.2) is 8.42 Å². The molecule has 2 aromatic rings. The van der Waals surface area contributed by atoms with Crippen molar-refractivity contribution in [1.29, 1.82) is 0 Å². The van der Waals surface area contributed by atoms with Gasteiger partial charge in [0.2, 0.25) is 0 Å². The summed E-state index contributed by atoms with van der Waals surface area (Å²) in [7, 11) is -4.12. The Balaban J connectivity index is 2.46. The van der Waals surface area contributed by atoms with Gasteiger partial charge in [-0.15, -0.1) is 0 Å². The lowest BCUT2D eigenvalue weighted by Crippen LogP contribution is -2.16. The first kappa shape index (κ1) is 15.1. The minimum Gasteiger partial charge on any atom is -0.397 e. The molecule has 0 spiro atoms. The molecule has 0 aromatic heterocycles. The molecule has 2 aromatic carbocycles. The molecule has 20 heavy (non-hydrogen) atoms. The van der Waals surface area contributed by atoms with E-state index in [1.54, 1.807) is 6.07 Å². The fourth-order valence-electron chi connectivity index (χ4n) is 1.53. The van der Waals surface area contributed by atoms with E-state index in [0.29, 0.717) is 4.47 Å². The van der Waals surface area contributed by atoms with Gasteiger partial charge in [-0.2, -0.15) is 0 Å². The molecule has 8 heteroatoms. The minimum absolute atomic E-state index is 0.0245. The Labute approximate surface area is 128 Å². The van der Waals surface area contributed by atoms with Crippen molar-refractivity contribution in [2.45, 2.75) is 4.90 Å². The van der Waals surface area contributed by atoms with Crippen LogP contribution >= 0.6 is 27.5 Å². The van der Waals surface area contributed by atoms with E-state index in [9.17, 15) is 12.8 Å². The number of nitrogens with two attached hydrogens (primary N) is 1. The summed E-state index contributed by atoms with van der Waals surface area (Å²) in [5.41, 5.74) is 5.83. The van der Waals surface area contributed by atoms with Crippen molar-refractivity contribution in [1.82, 2.24) is 0 Å². The number of halogens is 3. The topological polar surface area (TPSA) is 72.2 Å². The molecular weight excluding hydrogens is 371 g/mol. The van der Waals surface area contributed by atoms with Crippen LogP contribution in [0.25, 0.3) is 0 Å². The van der Waals surface area contributed by atoms with Crippen molar-refractivity contribution in [2.75, 3.05) is 10.5 Å². The molecule has 2 rings (SSSR count). The van der Waals surface area contributed by atoms with E-state index in [2.05, 4.69) is 20.7 Å². The highest BCUT2D eigenvalue weighted by Crippen LogP contribution is 2.31. The van der Waals surface area contributed by atoms with Crippen LogP contribution in [0.1, 0.15) is 0 Å². The van der Waals surface area contributed by atoms with Gasteiger partial charge in [0.1, 0.15) is 10.7 Å². The second-order valence-corrected chi connectivity index (χ2v) is 6.86. The van der Waals surface area contributed by atoms with Crippen molar-refractivity contribution >= 4 is 48.9 Å². The van der Waals surface area contributed by atoms with Gasteiger partial charge in [0.05, 0.1) is 16.4 Å². The van der Waals surface area contributed by atoms with E-state index >= 15 is 0 Å². The number of para-hydroxylation sites is 1. The Morgan fingerprint density at radius 1 is 1.25 bits per heavy atom. The highest BCUT2D eigenvalue weighted by Gasteiger charge is 2.21. The number of rotatable bonds is 3. The number of hydrogen-bond acceptors (Lipinski definition) is 3. The fraction of sp³-hybridized carbons (Fsp3) is 0. The Bertz CT molecular complexity index is 748. The largest absolute Gasteiger partial charge is 0.397 e. The van der Waals surface area contributed by atoms with Crippen LogP contribution in [0.3, 0.4) is 0 Å². The fourth-order valence-corrected chi connectivity index (χ4v) is 3.32. The van der Waals surface area contributed by atoms with Gasteiger partial charge in [0, 0.05) is 4.47 Å². The number of benzene rings is 2. The highest BCUT2D eigenvalue weighted by atomic mass is 79.9.